The zero-order chi connectivity index (χ0) is 20.3. The van der Waals surface area contributed by atoms with E-state index in [4.69, 9.17) is 0 Å². The van der Waals surface area contributed by atoms with Crippen LogP contribution in [0.2, 0.25) is 0 Å². The molecule has 0 atom stereocenters. The van der Waals surface area contributed by atoms with Crippen LogP contribution in [0.4, 0.5) is 5.69 Å². The molecule has 1 heterocycles. The third-order valence-corrected chi connectivity index (χ3v) is 4.63. The summed E-state index contributed by atoms with van der Waals surface area (Å²) in [7, 11) is 0. The second-order valence-electron chi connectivity index (χ2n) is 6.86. The van der Waals surface area contributed by atoms with Crippen LogP contribution in [-0.2, 0) is 16.0 Å². The highest BCUT2D eigenvalue weighted by Gasteiger charge is 2.26. The summed E-state index contributed by atoms with van der Waals surface area (Å²) < 4.78 is 0.998. The number of carbonyl (C=O) groups is 3. The Labute approximate surface area is 163 Å². The van der Waals surface area contributed by atoms with E-state index >= 15 is 0 Å². The van der Waals surface area contributed by atoms with Gasteiger partial charge in [-0.1, -0.05) is 23.8 Å². The maximum atomic E-state index is 12.5. The molecule has 28 heavy (non-hydrogen) atoms. The van der Waals surface area contributed by atoms with E-state index in [0.29, 0.717) is 17.8 Å². The fourth-order valence-electron chi connectivity index (χ4n) is 3.37. The number of nitrogens with zero attached hydrogens (tertiary/aromatic N) is 2. The van der Waals surface area contributed by atoms with Gasteiger partial charge in [0.1, 0.15) is 0 Å². The van der Waals surface area contributed by atoms with Gasteiger partial charge in [-0.15, -0.1) is 0 Å². The highest BCUT2D eigenvalue weighted by Crippen LogP contribution is 2.18. The fourth-order valence-corrected chi connectivity index (χ4v) is 3.37. The second kappa shape index (κ2) is 8.08. The Morgan fingerprint density at radius 3 is 2.46 bits per heavy atom. The first-order valence-corrected chi connectivity index (χ1v) is 9.08. The molecule has 0 radical (unpaired) electrons. The number of azo groups is 2. The minimum absolute atomic E-state index is 0.240. The molecule has 0 spiro atoms. The van der Waals surface area contributed by atoms with Gasteiger partial charge < -0.3 is 5.32 Å². The number of amides is 3. The molecule has 0 saturated carbocycles. The van der Waals surface area contributed by atoms with E-state index in [1.54, 1.807) is 24.3 Å². The predicted octanol–water partition coefficient (Wildman–Crippen LogP) is 3.30. The van der Waals surface area contributed by atoms with Gasteiger partial charge in [0.2, 0.25) is 5.69 Å². The number of hydrogen-bond donors (Lipinski definition) is 1. The molecule has 0 saturated heterocycles. The number of hydrogen-bond acceptors (Lipinski definition) is 3. The van der Waals surface area contributed by atoms with E-state index in [2.05, 4.69) is 43.3 Å². The fraction of sp³-hybridized carbons (Fsp3) is 0.227. The minimum Gasteiger partial charge on any atom is -0.352 e. The molecule has 6 nitrogen and oxygen atoms in total. The number of aryl methyl sites for hydroxylation is 3. The van der Waals surface area contributed by atoms with Crippen molar-refractivity contribution in [1.29, 1.82) is 0 Å². The summed E-state index contributed by atoms with van der Waals surface area (Å²) in [6.07, 6.45) is 3.02. The van der Waals surface area contributed by atoms with Crippen LogP contribution in [-0.4, -0.2) is 29.0 Å². The summed E-state index contributed by atoms with van der Waals surface area (Å²) in [5.41, 5.74) is 5.68. The van der Waals surface area contributed by atoms with Crippen molar-refractivity contribution in [2.24, 2.45) is 5.11 Å². The molecule has 0 fully saturated rings. The van der Waals surface area contributed by atoms with Gasteiger partial charge in [-0.3, -0.25) is 9.59 Å². The Balaban J connectivity index is 1.69. The van der Waals surface area contributed by atoms with E-state index in [0.717, 1.165) is 23.3 Å². The molecule has 6 heteroatoms. The predicted molar refractivity (Wildman–Crippen MR) is 105 cm³/mol. The van der Waals surface area contributed by atoms with Crippen LogP contribution in [0.3, 0.4) is 0 Å². The van der Waals surface area contributed by atoms with Crippen molar-refractivity contribution in [3.05, 3.63) is 76.4 Å². The molecule has 1 N–H and O–H groups in total. The second-order valence-corrected chi connectivity index (χ2v) is 6.86. The Morgan fingerprint density at radius 1 is 1.04 bits per heavy atom. The third kappa shape index (κ3) is 4.28. The molecule has 2 aromatic carbocycles. The van der Waals surface area contributed by atoms with Gasteiger partial charge in [0, 0.05) is 30.3 Å². The Kier molecular flexibility index (Phi) is 5.59. The third-order valence-electron chi connectivity index (χ3n) is 4.63. The number of carbonyl (C=O) groups excluding carboxylic acids is 3. The van der Waals surface area contributed by atoms with Crippen LogP contribution in [0.5, 0.6) is 0 Å². The zero-order valence-electron chi connectivity index (χ0n) is 16.2. The summed E-state index contributed by atoms with van der Waals surface area (Å²) >= 11 is 0. The van der Waals surface area contributed by atoms with Crippen LogP contribution < -0.4 is 5.32 Å². The van der Waals surface area contributed by atoms with Gasteiger partial charge in [-0.2, -0.15) is 0 Å². The molecule has 1 aliphatic rings. The van der Waals surface area contributed by atoms with Gasteiger partial charge in [-0.25, -0.2) is 4.79 Å². The van der Waals surface area contributed by atoms with Gasteiger partial charge in [0.25, 0.3) is 5.91 Å². The highest BCUT2D eigenvalue weighted by atomic mass is 16.2. The van der Waals surface area contributed by atoms with E-state index in [1.807, 2.05) is 0 Å². The quantitative estimate of drug-likeness (QED) is 0.813. The standard InChI is InChI=1S/C22H21N3O3/c1-14-11-15(2)19(16(3)12-14)9-10-23-22(28)17-5-4-6-18(13-17)25-21(27)8-7-20(26)24-25/h4-8,11-13H,9-10H2,1-3H3/p+1. The smallest absolute Gasteiger partial charge is 0.352 e. The number of rotatable bonds is 5. The molecule has 0 unspecified atom stereocenters. The van der Waals surface area contributed by atoms with E-state index in [-0.39, 0.29) is 5.91 Å². The van der Waals surface area contributed by atoms with Crippen LogP contribution in [0, 0.1) is 20.8 Å². The van der Waals surface area contributed by atoms with Gasteiger partial charge in [-0.05, 0) is 54.6 Å². The summed E-state index contributed by atoms with van der Waals surface area (Å²) in [5.74, 6) is -1.18. The average molecular weight is 376 g/mol. The normalized spacial score (nSPS) is 13.5. The van der Waals surface area contributed by atoms with Crippen LogP contribution in [0.15, 0.2) is 53.7 Å². The van der Waals surface area contributed by atoms with Crippen molar-refractivity contribution < 1.29 is 19.1 Å². The molecule has 0 aromatic heterocycles. The lowest BCUT2D eigenvalue weighted by Crippen LogP contribution is -2.26. The topological polar surface area (TPSA) is 78.6 Å². The lowest BCUT2D eigenvalue weighted by molar-refractivity contribution is -0.425. The number of benzene rings is 2. The summed E-state index contributed by atoms with van der Waals surface area (Å²) in [5, 5.41) is 6.60. The first kappa shape index (κ1) is 19.4. The average Bonchev–Trinajstić information content (AvgIpc) is 2.65. The summed E-state index contributed by atoms with van der Waals surface area (Å²) in [4.78, 5) is 35.9. The monoisotopic (exact) mass is 376 g/mol. The van der Waals surface area contributed by atoms with Crippen LogP contribution in [0.25, 0.3) is 0 Å². The maximum Gasteiger partial charge on any atom is 0.443 e. The van der Waals surface area contributed by atoms with Crippen molar-refractivity contribution >= 4 is 23.4 Å². The van der Waals surface area contributed by atoms with Crippen LogP contribution >= 0.6 is 0 Å². The Bertz CT molecular complexity index is 1010. The molecule has 3 amide bonds. The minimum atomic E-state index is -0.515. The molecule has 0 aliphatic carbocycles. The lowest BCUT2D eigenvalue weighted by Gasteiger charge is -2.12. The molecule has 142 valence electrons. The van der Waals surface area contributed by atoms with Gasteiger partial charge in [0.05, 0.1) is 11.2 Å². The van der Waals surface area contributed by atoms with Crippen molar-refractivity contribution in [3.63, 3.8) is 0 Å². The zero-order valence-corrected chi connectivity index (χ0v) is 16.2. The molecule has 0 bridgehead atoms. The SMILES string of the molecule is Cc1cc(C)c(CCNC(=O)c2cccc([N+]3=NC(=O)C=CC3=O)c2)c(C)c1. The van der Waals surface area contributed by atoms with Crippen LogP contribution in [0.1, 0.15) is 32.6 Å². The van der Waals surface area contributed by atoms with Crippen molar-refractivity contribution in [2.45, 2.75) is 27.2 Å². The Hall–Kier alpha value is -3.41. The Morgan fingerprint density at radius 2 is 1.75 bits per heavy atom. The number of nitrogens with one attached hydrogen (secondary N) is 1. The molecule has 1 aliphatic heterocycles. The highest BCUT2D eigenvalue weighted by molar-refractivity contribution is 5.98. The first-order chi connectivity index (χ1) is 13.3. The molecular formula is C22H22N3O3+. The lowest BCUT2D eigenvalue weighted by atomic mass is 9.97. The largest absolute Gasteiger partial charge is 0.443 e. The van der Waals surface area contributed by atoms with Crippen molar-refractivity contribution in [1.82, 2.24) is 5.32 Å². The summed E-state index contributed by atoms with van der Waals surface area (Å²) in [6.45, 7) is 6.73. The first-order valence-electron chi connectivity index (χ1n) is 9.08. The maximum absolute atomic E-state index is 12.5. The van der Waals surface area contributed by atoms with E-state index < -0.39 is 11.8 Å². The van der Waals surface area contributed by atoms with Gasteiger partial charge >= 0.3 is 11.8 Å². The van der Waals surface area contributed by atoms with Gasteiger partial charge in [0.15, 0.2) is 0 Å². The van der Waals surface area contributed by atoms with E-state index in [1.165, 1.54) is 22.3 Å². The molecular weight excluding hydrogens is 354 g/mol. The van der Waals surface area contributed by atoms with Crippen molar-refractivity contribution in [3.8, 4) is 0 Å². The molecule has 2 aromatic rings. The molecule has 3 rings (SSSR count). The van der Waals surface area contributed by atoms with E-state index in [9.17, 15) is 14.4 Å². The summed E-state index contributed by atoms with van der Waals surface area (Å²) in [6, 6.07) is 10.8. The van der Waals surface area contributed by atoms with Crippen molar-refractivity contribution in [2.75, 3.05) is 6.54 Å².